The fourth-order valence-electron chi connectivity index (χ4n) is 2.32. The monoisotopic (exact) mass is 487 g/mol. The third-order valence-electron chi connectivity index (χ3n) is 3.57. The van der Waals surface area contributed by atoms with Crippen LogP contribution in [0.5, 0.6) is 5.75 Å². The Morgan fingerprint density at radius 3 is 2.56 bits per heavy atom. The Morgan fingerprint density at radius 1 is 1.04 bits per heavy atom. The van der Waals surface area contributed by atoms with Crippen molar-refractivity contribution in [2.24, 2.45) is 4.99 Å². The Balaban J connectivity index is 0.00000364. The van der Waals surface area contributed by atoms with Crippen LogP contribution in [-0.2, 0) is 17.8 Å². The minimum atomic E-state index is -0.249. The van der Waals surface area contributed by atoms with E-state index in [1.54, 1.807) is 13.2 Å². The summed E-state index contributed by atoms with van der Waals surface area (Å²) in [5, 5.41) is 6.47. The molecule has 0 radical (unpaired) electrons. The molecule has 0 bridgehead atoms. The highest BCUT2D eigenvalue weighted by Gasteiger charge is 2.01. The second-order valence-electron chi connectivity index (χ2n) is 5.67. The summed E-state index contributed by atoms with van der Waals surface area (Å²) in [7, 11) is 1.65. The normalized spacial score (nSPS) is 10.9. The van der Waals surface area contributed by atoms with Gasteiger partial charge in [0.25, 0.3) is 0 Å². The predicted molar refractivity (Wildman–Crippen MR) is 117 cm³/mol. The van der Waals surface area contributed by atoms with Crippen LogP contribution < -0.4 is 15.4 Å². The third-order valence-corrected chi connectivity index (χ3v) is 3.57. The summed E-state index contributed by atoms with van der Waals surface area (Å²) < 4.78 is 23.9. The molecule has 0 aliphatic rings. The SMILES string of the molecule is CCNC(=NCc1cccc(F)c1)NCc1cccc(OCCOC)c1.I. The molecular formula is C20H27FIN3O2. The van der Waals surface area contributed by atoms with Crippen LogP contribution in [0.1, 0.15) is 18.1 Å². The molecule has 0 aliphatic carbocycles. The van der Waals surface area contributed by atoms with Crippen LogP contribution in [0.3, 0.4) is 0 Å². The van der Waals surface area contributed by atoms with Crippen molar-refractivity contribution in [2.75, 3.05) is 26.9 Å². The topological polar surface area (TPSA) is 54.9 Å². The van der Waals surface area contributed by atoms with Crippen LogP contribution in [-0.4, -0.2) is 32.8 Å². The van der Waals surface area contributed by atoms with Crippen molar-refractivity contribution >= 4 is 29.9 Å². The number of nitrogens with zero attached hydrogens (tertiary/aromatic N) is 1. The molecule has 0 heterocycles. The maximum atomic E-state index is 13.3. The van der Waals surface area contributed by atoms with E-state index in [2.05, 4.69) is 15.6 Å². The summed E-state index contributed by atoms with van der Waals surface area (Å²) in [6.45, 7) is 4.84. The van der Waals surface area contributed by atoms with Crippen LogP contribution >= 0.6 is 24.0 Å². The van der Waals surface area contributed by atoms with E-state index < -0.39 is 0 Å². The van der Waals surface area contributed by atoms with Crippen LogP contribution in [0.4, 0.5) is 4.39 Å². The molecule has 2 aromatic carbocycles. The van der Waals surface area contributed by atoms with Crippen LogP contribution in [0, 0.1) is 5.82 Å². The van der Waals surface area contributed by atoms with Crippen LogP contribution in [0.25, 0.3) is 0 Å². The fourth-order valence-corrected chi connectivity index (χ4v) is 2.32. The first-order valence-corrected chi connectivity index (χ1v) is 8.68. The number of nitrogens with one attached hydrogen (secondary N) is 2. The Labute approximate surface area is 177 Å². The van der Waals surface area contributed by atoms with Crippen molar-refractivity contribution in [3.05, 3.63) is 65.5 Å². The third kappa shape index (κ3) is 9.05. The number of benzene rings is 2. The number of guanidine groups is 1. The van der Waals surface area contributed by atoms with Gasteiger partial charge in [0, 0.05) is 20.2 Å². The number of methoxy groups -OCH3 is 1. The summed E-state index contributed by atoms with van der Waals surface area (Å²) in [5.41, 5.74) is 1.91. The first-order chi connectivity index (χ1) is 12.7. The quantitative estimate of drug-likeness (QED) is 0.245. The smallest absolute Gasteiger partial charge is 0.191 e. The van der Waals surface area contributed by atoms with Crippen LogP contribution in [0.15, 0.2) is 53.5 Å². The van der Waals surface area contributed by atoms with Crippen molar-refractivity contribution in [1.82, 2.24) is 10.6 Å². The molecule has 5 nitrogen and oxygen atoms in total. The van der Waals surface area contributed by atoms with Gasteiger partial charge in [0.1, 0.15) is 18.2 Å². The molecule has 2 rings (SSSR count). The lowest BCUT2D eigenvalue weighted by Crippen LogP contribution is -2.36. The molecule has 0 unspecified atom stereocenters. The van der Waals surface area contributed by atoms with Gasteiger partial charge in [0.05, 0.1) is 13.2 Å². The number of rotatable bonds is 9. The Kier molecular flexibility index (Phi) is 11.4. The van der Waals surface area contributed by atoms with Gasteiger partial charge in [0.15, 0.2) is 5.96 Å². The molecule has 0 saturated heterocycles. The summed E-state index contributed by atoms with van der Waals surface area (Å²) in [4.78, 5) is 4.50. The zero-order valence-corrected chi connectivity index (χ0v) is 18.0. The molecule has 148 valence electrons. The predicted octanol–water partition coefficient (Wildman–Crippen LogP) is 3.72. The molecule has 0 aromatic heterocycles. The van der Waals surface area contributed by atoms with Gasteiger partial charge in [-0.15, -0.1) is 24.0 Å². The maximum absolute atomic E-state index is 13.3. The molecule has 0 spiro atoms. The average Bonchev–Trinajstić information content (AvgIpc) is 2.65. The van der Waals surface area contributed by atoms with Crippen LogP contribution in [0.2, 0.25) is 0 Å². The van der Waals surface area contributed by atoms with Gasteiger partial charge < -0.3 is 20.1 Å². The highest BCUT2D eigenvalue weighted by molar-refractivity contribution is 14.0. The number of halogens is 2. The lowest BCUT2D eigenvalue weighted by molar-refractivity contribution is 0.146. The lowest BCUT2D eigenvalue weighted by atomic mass is 10.2. The van der Waals surface area contributed by atoms with Crippen molar-refractivity contribution in [3.63, 3.8) is 0 Å². The number of ether oxygens (including phenoxy) is 2. The van der Waals surface area contributed by atoms with Gasteiger partial charge in [-0.1, -0.05) is 24.3 Å². The molecule has 0 saturated carbocycles. The Hall–Kier alpha value is -1.87. The van der Waals surface area contributed by atoms with Crippen molar-refractivity contribution < 1.29 is 13.9 Å². The molecule has 7 heteroatoms. The van der Waals surface area contributed by atoms with Crippen molar-refractivity contribution in [2.45, 2.75) is 20.0 Å². The maximum Gasteiger partial charge on any atom is 0.191 e. The second-order valence-corrected chi connectivity index (χ2v) is 5.67. The minimum absolute atomic E-state index is 0. The van der Waals surface area contributed by atoms with E-state index in [0.717, 1.165) is 23.4 Å². The molecule has 0 aliphatic heterocycles. The molecule has 2 N–H and O–H groups in total. The molecule has 0 atom stereocenters. The molecule has 2 aromatic rings. The van der Waals surface area contributed by atoms with E-state index in [0.29, 0.717) is 32.3 Å². The molecule has 27 heavy (non-hydrogen) atoms. The summed E-state index contributed by atoms with van der Waals surface area (Å²) in [5.74, 6) is 1.24. The van der Waals surface area contributed by atoms with Gasteiger partial charge in [-0.05, 0) is 42.3 Å². The molecule has 0 fully saturated rings. The Bertz CT molecular complexity index is 713. The standard InChI is InChI=1S/C20H26FN3O2.HI/c1-3-22-20(23-14-16-6-4-8-18(21)12-16)24-15-17-7-5-9-19(13-17)26-11-10-25-2;/h4-9,12-13H,3,10-11,14-15H2,1-2H3,(H2,22,23,24);1H. The number of hydrogen-bond donors (Lipinski definition) is 2. The first-order valence-electron chi connectivity index (χ1n) is 8.68. The summed E-state index contributed by atoms with van der Waals surface area (Å²) in [6, 6.07) is 14.3. The van der Waals surface area contributed by atoms with Gasteiger partial charge in [-0.3, -0.25) is 0 Å². The molecule has 0 amide bonds. The molecular weight excluding hydrogens is 460 g/mol. The second kappa shape index (κ2) is 13.3. The zero-order valence-electron chi connectivity index (χ0n) is 15.7. The van der Waals surface area contributed by atoms with E-state index in [-0.39, 0.29) is 29.8 Å². The van der Waals surface area contributed by atoms with Crippen molar-refractivity contribution in [3.8, 4) is 5.75 Å². The Morgan fingerprint density at radius 2 is 1.81 bits per heavy atom. The summed E-state index contributed by atoms with van der Waals surface area (Å²) >= 11 is 0. The number of hydrogen-bond acceptors (Lipinski definition) is 3. The van der Waals surface area contributed by atoms with Gasteiger partial charge >= 0.3 is 0 Å². The summed E-state index contributed by atoms with van der Waals surface area (Å²) in [6.07, 6.45) is 0. The van der Waals surface area contributed by atoms with E-state index in [4.69, 9.17) is 9.47 Å². The van der Waals surface area contributed by atoms with Crippen molar-refractivity contribution in [1.29, 1.82) is 0 Å². The first kappa shape index (κ1) is 23.2. The number of aliphatic imine (C=N–C) groups is 1. The fraction of sp³-hybridized carbons (Fsp3) is 0.350. The highest BCUT2D eigenvalue weighted by Crippen LogP contribution is 2.13. The zero-order chi connectivity index (χ0) is 18.6. The van der Waals surface area contributed by atoms with E-state index in [9.17, 15) is 4.39 Å². The van der Waals surface area contributed by atoms with Gasteiger partial charge in [-0.25, -0.2) is 9.38 Å². The largest absolute Gasteiger partial charge is 0.491 e. The average molecular weight is 487 g/mol. The minimum Gasteiger partial charge on any atom is -0.491 e. The highest BCUT2D eigenvalue weighted by atomic mass is 127. The lowest BCUT2D eigenvalue weighted by Gasteiger charge is -2.12. The van der Waals surface area contributed by atoms with E-state index in [1.807, 2.05) is 37.3 Å². The van der Waals surface area contributed by atoms with Gasteiger partial charge in [-0.2, -0.15) is 0 Å². The van der Waals surface area contributed by atoms with E-state index >= 15 is 0 Å². The van der Waals surface area contributed by atoms with Gasteiger partial charge in [0.2, 0.25) is 0 Å². The van der Waals surface area contributed by atoms with E-state index in [1.165, 1.54) is 12.1 Å².